The summed E-state index contributed by atoms with van der Waals surface area (Å²) in [7, 11) is 0. The first-order chi connectivity index (χ1) is 9.67. The van der Waals surface area contributed by atoms with Crippen LogP contribution >= 0.6 is 0 Å². The molecule has 1 aliphatic carbocycles. The molecule has 0 saturated carbocycles. The lowest BCUT2D eigenvalue weighted by molar-refractivity contribution is 0.623. The Morgan fingerprint density at radius 3 is 2.65 bits per heavy atom. The molecule has 0 bridgehead atoms. The van der Waals surface area contributed by atoms with E-state index in [2.05, 4.69) is 5.32 Å². The monoisotopic (exact) mass is 270 g/mol. The van der Waals surface area contributed by atoms with E-state index in [1.165, 1.54) is 24.3 Å². The number of rotatable bonds is 2. The van der Waals surface area contributed by atoms with Crippen molar-refractivity contribution in [3.8, 4) is 6.07 Å². The molecule has 1 atom stereocenters. The van der Waals surface area contributed by atoms with Crippen LogP contribution in [0, 0.1) is 23.0 Å². The molecule has 1 unspecified atom stereocenters. The molecular formula is C16H12F2N2. The van der Waals surface area contributed by atoms with E-state index >= 15 is 0 Å². The van der Waals surface area contributed by atoms with Gasteiger partial charge in [0.2, 0.25) is 0 Å². The normalized spacial score (nSPS) is 16.6. The standard InChI is InChI=1S/C16H12F2N2/c17-12-4-6-15(11(7-12)9-19)20-16-5-2-10-1-3-13(18)8-14(10)16/h1,3-4,6-8,16,20H,2,5H2. The van der Waals surface area contributed by atoms with E-state index in [-0.39, 0.29) is 17.4 Å². The van der Waals surface area contributed by atoms with Gasteiger partial charge in [-0.25, -0.2) is 8.78 Å². The zero-order valence-electron chi connectivity index (χ0n) is 10.7. The van der Waals surface area contributed by atoms with Gasteiger partial charge in [-0.05, 0) is 54.3 Å². The summed E-state index contributed by atoms with van der Waals surface area (Å²) in [6, 6.07) is 10.8. The number of hydrogen-bond donors (Lipinski definition) is 1. The summed E-state index contributed by atoms with van der Waals surface area (Å²) in [5.74, 6) is -0.706. The van der Waals surface area contributed by atoms with Gasteiger partial charge < -0.3 is 5.32 Å². The molecule has 20 heavy (non-hydrogen) atoms. The molecule has 0 fully saturated rings. The van der Waals surface area contributed by atoms with Crippen molar-refractivity contribution in [2.45, 2.75) is 18.9 Å². The topological polar surface area (TPSA) is 35.8 Å². The van der Waals surface area contributed by atoms with E-state index in [0.29, 0.717) is 5.69 Å². The molecule has 3 rings (SSSR count). The van der Waals surface area contributed by atoms with Crippen LogP contribution in [-0.2, 0) is 6.42 Å². The van der Waals surface area contributed by atoms with Crippen LogP contribution in [0.25, 0.3) is 0 Å². The minimum atomic E-state index is -0.440. The maximum atomic E-state index is 13.3. The van der Waals surface area contributed by atoms with Crippen LogP contribution in [0.2, 0.25) is 0 Å². The van der Waals surface area contributed by atoms with Crippen LogP contribution in [-0.4, -0.2) is 0 Å². The van der Waals surface area contributed by atoms with E-state index in [9.17, 15) is 8.78 Å². The molecule has 0 heterocycles. The smallest absolute Gasteiger partial charge is 0.124 e. The van der Waals surface area contributed by atoms with Crippen molar-refractivity contribution >= 4 is 5.69 Å². The summed E-state index contributed by atoms with van der Waals surface area (Å²) in [5.41, 5.74) is 2.87. The zero-order chi connectivity index (χ0) is 14.1. The number of anilines is 1. The van der Waals surface area contributed by atoms with Gasteiger partial charge in [0.05, 0.1) is 17.3 Å². The van der Waals surface area contributed by atoms with Crippen molar-refractivity contribution in [3.63, 3.8) is 0 Å². The van der Waals surface area contributed by atoms with Crippen molar-refractivity contribution in [1.29, 1.82) is 5.26 Å². The SMILES string of the molecule is N#Cc1cc(F)ccc1NC1CCc2ccc(F)cc21. The summed E-state index contributed by atoms with van der Waals surface area (Å²) in [4.78, 5) is 0. The van der Waals surface area contributed by atoms with Gasteiger partial charge in [-0.1, -0.05) is 6.07 Å². The van der Waals surface area contributed by atoms with Gasteiger partial charge in [-0.15, -0.1) is 0 Å². The largest absolute Gasteiger partial charge is 0.377 e. The second-order valence-electron chi connectivity index (χ2n) is 4.88. The number of nitrogens with one attached hydrogen (secondary N) is 1. The lowest BCUT2D eigenvalue weighted by Crippen LogP contribution is -2.08. The second-order valence-corrected chi connectivity index (χ2v) is 4.88. The summed E-state index contributed by atoms with van der Waals surface area (Å²) >= 11 is 0. The quantitative estimate of drug-likeness (QED) is 0.897. The summed E-state index contributed by atoms with van der Waals surface area (Å²) in [6.45, 7) is 0. The molecule has 1 aliphatic rings. The summed E-state index contributed by atoms with van der Waals surface area (Å²) in [6.07, 6.45) is 1.71. The van der Waals surface area contributed by atoms with E-state index in [1.807, 2.05) is 6.07 Å². The Morgan fingerprint density at radius 1 is 1.10 bits per heavy atom. The molecule has 0 amide bonds. The Bertz CT molecular complexity index is 704. The van der Waals surface area contributed by atoms with Crippen molar-refractivity contribution < 1.29 is 8.78 Å². The second kappa shape index (κ2) is 4.93. The molecule has 4 heteroatoms. The van der Waals surface area contributed by atoms with Gasteiger partial charge in [-0.2, -0.15) is 5.26 Å². The molecule has 0 aliphatic heterocycles. The highest BCUT2D eigenvalue weighted by atomic mass is 19.1. The molecule has 0 saturated heterocycles. The predicted molar refractivity (Wildman–Crippen MR) is 72.2 cm³/mol. The molecule has 2 aromatic carbocycles. The predicted octanol–water partition coefficient (Wildman–Crippen LogP) is 3.94. The van der Waals surface area contributed by atoms with Gasteiger partial charge in [0.25, 0.3) is 0 Å². The lowest BCUT2D eigenvalue weighted by atomic mass is 10.1. The molecule has 100 valence electrons. The van der Waals surface area contributed by atoms with Gasteiger partial charge in [0.1, 0.15) is 17.7 Å². The number of halogens is 2. The zero-order valence-corrected chi connectivity index (χ0v) is 10.7. The maximum absolute atomic E-state index is 13.3. The van der Waals surface area contributed by atoms with E-state index in [1.54, 1.807) is 12.1 Å². The number of fused-ring (bicyclic) bond motifs is 1. The summed E-state index contributed by atoms with van der Waals surface area (Å²) < 4.78 is 26.5. The van der Waals surface area contributed by atoms with Gasteiger partial charge in [0.15, 0.2) is 0 Å². The molecule has 2 nitrogen and oxygen atoms in total. The highest BCUT2D eigenvalue weighted by Crippen LogP contribution is 2.35. The Balaban J connectivity index is 1.91. The number of nitriles is 1. The maximum Gasteiger partial charge on any atom is 0.124 e. The molecular weight excluding hydrogens is 258 g/mol. The fourth-order valence-corrected chi connectivity index (χ4v) is 2.65. The van der Waals surface area contributed by atoms with E-state index in [4.69, 9.17) is 5.26 Å². The number of nitrogens with zero attached hydrogens (tertiary/aromatic N) is 1. The fourth-order valence-electron chi connectivity index (χ4n) is 2.65. The summed E-state index contributed by atoms with van der Waals surface area (Å²) in [5, 5.41) is 12.3. The minimum absolute atomic E-state index is 0.0433. The number of aryl methyl sites for hydroxylation is 1. The lowest BCUT2D eigenvalue weighted by Gasteiger charge is -2.16. The third-order valence-electron chi connectivity index (χ3n) is 3.62. The van der Waals surface area contributed by atoms with Crippen molar-refractivity contribution in [3.05, 3.63) is 64.7 Å². The molecule has 0 spiro atoms. The molecule has 2 aromatic rings. The van der Waals surface area contributed by atoms with Crippen LogP contribution in [0.3, 0.4) is 0 Å². The highest BCUT2D eigenvalue weighted by Gasteiger charge is 2.23. The van der Waals surface area contributed by atoms with E-state index in [0.717, 1.165) is 24.0 Å². The minimum Gasteiger partial charge on any atom is -0.377 e. The molecule has 0 radical (unpaired) electrons. The number of hydrogen-bond acceptors (Lipinski definition) is 2. The fraction of sp³-hybridized carbons (Fsp3) is 0.188. The van der Waals surface area contributed by atoms with Crippen LogP contribution in [0.15, 0.2) is 36.4 Å². The molecule has 1 N–H and O–H groups in total. The molecule has 0 aromatic heterocycles. The Morgan fingerprint density at radius 2 is 1.85 bits per heavy atom. The Labute approximate surface area is 115 Å². The third kappa shape index (κ3) is 2.23. The van der Waals surface area contributed by atoms with Gasteiger partial charge in [-0.3, -0.25) is 0 Å². The van der Waals surface area contributed by atoms with Crippen LogP contribution < -0.4 is 5.32 Å². The third-order valence-corrected chi connectivity index (χ3v) is 3.62. The van der Waals surface area contributed by atoms with E-state index < -0.39 is 5.82 Å². The highest BCUT2D eigenvalue weighted by molar-refractivity contribution is 5.59. The number of benzene rings is 2. The average molecular weight is 270 g/mol. The first-order valence-corrected chi connectivity index (χ1v) is 6.42. The van der Waals surface area contributed by atoms with Crippen LogP contribution in [0.5, 0.6) is 0 Å². The van der Waals surface area contributed by atoms with Gasteiger partial charge in [0, 0.05) is 0 Å². The van der Waals surface area contributed by atoms with Crippen LogP contribution in [0.4, 0.5) is 14.5 Å². The van der Waals surface area contributed by atoms with Crippen molar-refractivity contribution in [2.24, 2.45) is 0 Å². The van der Waals surface area contributed by atoms with Crippen LogP contribution in [0.1, 0.15) is 29.2 Å². The average Bonchev–Trinajstić information content (AvgIpc) is 2.83. The Kier molecular flexibility index (Phi) is 3.11. The first kappa shape index (κ1) is 12.6. The Hall–Kier alpha value is -2.41. The van der Waals surface area contributed by atoms with Gasteiger partial charge >= 0.3 is 0 Å². The van der Waals surface area contributed by atoms with Crippen molar-refractivity contribution in [1.82, 2.24) is 0 Å². The first-order valence-electron chi connectivity index (χ1n) is 6.42. The van der Waals surface area contributed by atoms with Crippen molar-refractivity contribution in [2.75, 3.05) is 5.32 Å².